The fourth-order valence-corrected chi connectivity index (χ4v) is 1.42. The van der Waals surface area contributed by atoms with Crippen molar-refractivity contribution in [2.45, 2.75) is 42.5 Å². The first kappa shape index (κ1) is 11.0. The van der Waals surface area contributed by atoms with Crippen LogP contribution >= 0.6 is 31.9 Å². The maximum Gasteiger partial charge on any atom is 0.483 e. The molecule has 0 radical (unpaired) electrons. The van der Waals surface area contributed by atoms with Crippen molar-refractivity contribution in [3.05, 3.63) is 0 Å². The zero-order chi connectivity index (χ0) is 9.57. The Morgan fingerprint density at radius 2 is 1.33 bits per heavy atom. The summed E-state index contributed by atoms with van der Waals surface area (Å²) in [6.45, 7) is 8.15. The highest BCUT2D eigenvalue weighted by atomic mass is 79.9. The molecule has 12 heavy (non-hydrogen) atoms. The van der Waals surface area contributed by atoms with E-state index in [-0.39, 0.29) is 22.0 Å². The predicted octanol–water partition coefficient (Wildman–Crippen LogP) is 2.73. The molecule has 0 aromatic heterocycles. The molecule has 0 aromatic rings. The minimum absolute atomic E-state index is 0.0473. The van der Waals surface area contributed by atoms with Gasteiger partial charge in [-0.1, -0.05) is 31.9 Å². The van der Waals surface area contributed by atoms with E-state index in [1.54, 1.807) is 0 Å². The summed E-state index contributed by atoms with van der Waals surface area (Å²) in [5, 5.41) is 0. The number of alkyl halides is 2. The Bertz CT molecular complexity index is 166. The lowest BCUT2D eigenvalue weighted by Gasteiger charge is -2.32. The first-order valence-corrected chi connectivity index (χ1v) is 5.73. The summed E-state index contributed by atoms with van der Waals surface area (Å²) < 4.78 is 11.5. The van der Waals surface area contributed by atoms with Crippen molar-refractivity contribution in [1.29, 1.82) is 0 Å². The second-order valence-electron chi connectivity index (χ2n) is 3.96. The van der Waals surface area contributed by atoms with Crippen molar-refractivity contribution in [3.63, 3.8) is 0 Å². The number of halogens is 2. The summed E-state index contributed by atoms with van der Waals surface area (Å²) in [6, 6.07) is 0. The smallest absolute Gasteiger partial charge is 0.402 e. The fraction of sp³-hybridized carbons (Fsp3) is 1.00. The van der Waals surface area contributed by atoms with Crippen LogP contribution in [0, 0.1) is 0 Å². The Morgan fingerprint density at radius 3 is 1.50 bits per heavy atom. The molecule has 5 heteroatoms. The molecule has 0 atom stereocenters. The molecule has 0 unspecified atom stereocenters. The number of hydrogen-bond acceptors (Lipinski definition) is 2. The van der Waals surface area contributed by atoms with Crippen molar-refractivity contribution in [2.75, 3.05) is 0 Å². The lowest BCUT2D eigenvalue weighted by atomic mass is 9.90. The molecule has 1 saturated heterocycles. The zero-order valence-corrected chi connectivity index (χ0v) is 10.9. The van der Waals surface area contributed by atoms with E-state index < -0.39 is 0 Å². The predicted molar refractivity (Wildman–Crippen MR) is 57.7 cm³/mol. The Morgan fingerprint density at radius 1 is 1.00 bits per heavy atom. The minimum Gasteiger partial charge on any atom is -0.402 e. The average molecular weight is 300 g/mol. The summed E-state index contributed by atoms with van der Waals surface area (Å²) in [7, 11) is -0.213. The average Bonchev–Trinajstić information content (AvgIpc) is 2.03. The lowest BCUT2D eigenvalue weighted by Crippen LogP contribution is -2.41. The van der Waals surface area contributed by atoms with Crippen LogP contribution in [0.2, 0.25) is 0 Å². The highest BCUT2D eigenvalue weighted by molar-refractivity contribution is 9.25. The molecular formula is C7H13BBr2O2. The van der Waals surface area contributed by atoms with E-state index in [4.69, 9.17) is 9.31 Å². The SMILES string of the molecule is CC1(C)OB(C(Br)Br)OC1(C)C. The highest BCUT2D eigenvalue weighted by Gasteiger charge is 2.52. The molecule has 1 heterocycles. The Balaban J connectivity index is 2.74. The molecule has 0 aliphatic carbocycles. The van der Waals surface area contributed by atoms with Gasteiger partial charge < -0.3 is 9.31 Å². The van der Waals surface area contributed by atoms with Gasteiger partial charge in [0.15, 0.2) is 0 Å². The molecule has 0 spiro atoms. The first-order chi connectivity index (χ1) is 5.26. The molecule has 0 N–H and O–H groups in total. The van der Waals surface area contributed by atoms with Crippen LogP contribution < -0.4 is 0 Å². The monoisotopic (exact) mass is 298 g/mol. The van der Waals surface area contributed by atoms with E-state index in [9.17, 15) is 0 Å². The Labute approximate surface area is 90.8 Å². The summed E-state index contributed by atoms with van der Waals surface area (Å²) in [4.78, 5) is 0. The van der Waals surface area contributed by atoms with Crippen molar-refractivity contribution < 1.29 is 9.31 Å². The van der Waals surface area contributed by atoms with Crippen LogP contribution in [0.15, 0.2) is 0 Å². The van der Waals surface area contributed by atoms with E-state index in [1.807, 2.05) is 27.7 Å². The molecule has 0 saturated carbocycles. The van der Waals surface area contributed by atoms with Crippen molar-refractivity contribution in [1.82, 2.24) is 0 Å². The van der Waals surface area contributed by atoms with Gasteiger partial charge in [0.1, 0.15) is 3.64 Å². The molecule has 0 aromatic carbocycles. The quantitative estimate of drug-likeness (QED) is 0.547. The third-order valence-corrected chi connectivity index (χ3v) is 3.34. The van der Waals surface area contributed by atoms with Crippen molar-refractivity contribution in [3.8, 4) is 0 Å². The molecule has 70 valence electrons. The van der Waals surface area contributed by atoms with E-state index in [1.165, 1.54) is 0 Å². The zero-order valence-electron chi connectivity index (χ0n) is 7.73. The minimum atomic E-state index is -0.239. The van der Waals surface area contributed by atoms with Crippen molar-refractivity contribution in [2.24, 2.45) is 0 Å². The number of hydrogen-bond donors (Lipinski definition) is 0. The van der Waals surface area contributed by atoms with Gasteiger partial charge in [-0.3, -0.25) is 0 Å². The maximum atomic E-state index is 5.71. The first-order valence-electron chi connectivity index (χ1n) is 3.90. The number of rotatable bonds is 1. The largest absolute Gasteiger partial charge is 0.483 e. The van der Waals surface area contributed by atoms with Crippen LogP contribution in [0.25, 0.3) is 0 Å². The van der Waals surface area contributed by atoms with Gasteiger partial charge in [-0.05, 0) is 27.7 Å². The Hall–Kier alpha value is 0.945. The van der Waals surface area contributed by atoms with Gasteiger partial charge in [-0.15, -0.1) is 0 Å². The lowest BCUT2D eigenvalue weighted by molar-refractivity contribution is 0.00578. The second-order valence-corrected chi connectivity index (χ2v) is 7.16. The van der Waals surface area contributed by atoms with Gasteiger partial charge >= 0.3 is 7.12 Å². The summed E-state index contributed by atoms with van der Waals surface area (Å²) in [6.07, 6.45) is 0. The van der Waals surface area contributed by atoms with Crippen LogP contribution in [0.4, 0.5) is 0 Å². The van der Waals surface area contributed by atoms with Gasteiger partial charge in [0.05, 0.1) is 11.2 Å². The standard InChI is InChI=1S/C7H13BBr2O2/c1-6(2)7(3,4)12-8(11-6)5(9)10/h5H,1-4H3. The van der Waals surface area contributed by atoms with Crippen LogP contribution in [0.3, 0.4) is 0 Å². The third-order valence-electron chi connectivity index (χ3n) is 2.48. The molecule has 1 fully saturated rings. The van der Waals surface area contributed by atoms with Crippen LogP contribution in [0.1, 0.15) is 27.7 Å². The van der Waals surface area contributed by atoms with E-state index >= 15 is 0 Å². The molecule has 0 bridgehead atoms. The van der Waals surface area contributed by atoms with Crippen LogP contribution in [-0.4, -0.2) is 22.0 Å². The van der Waals surface area contributed by atoms with Crippen molar-refractivity contribution >= 4 is 39.0 Å². The summed E-state index contributed by atoms with van der Waals surface area (Å²) in [5.41, 5.74) is -0.477. The third kappa shape index (κ3) is 1.89. The van der Waals surface area contributed by atoms with Gasteiger partial charge in [-0.2, -0.15) is 0 Å². The second kappa shape index (κ2) is 3.26. The normalized spacial score (nSPS) is 26.8. The molecule has 1 rings (SSSR count). The summed E-state index contributed by atoms with van der Waals surface area (Å²) in [5.74, 6) is 0. The molecule has 1 aliphatic heterocycles. The molecule has 1 aliphatic rings. The van der Waals surface area contributed by atoms with E-state index in [0.717, 1.165) is 0 Å². The highest BCUT2D eigenvalue weighted by Crippen LogP contribution is 2.39. The molecule has 0 amide bonds. The van der Waals surface area contributed by atoms with Gasteiger partial charge in [0.25, 0.3) is 0 Å². The van der Waals surface area contributed by atoms with Gasteiger partial charge in [0, 0.05) is 0 Å². The van der Waals surface area contributed by atoms with Gasteiger partial charge in [-0.25, -0.2) is 0 Å². The van der Waals surface area contributed by atoms with E-state index in [2.05, 4.69) is 31.9 Å². The van der Waals surface area contributed by atoms with Crippen LogP contribution in [0.5, 0.6) is 0 Å². The fourth-order valence-electron chi connectivity index (χ4n) is 0.992. The molecule has 2 nitrogen and oxygen atoms in total. The topological polar surface area (TPSA) is 18.5 Å². The maximum absolute atomic E-state index is 5.71. The molecular weight excluding hydrogens is 287 g/mol. The van der Waals surface area contributed by atoms with E-state index in [0.29, 0.717) is 0 Å². The van der Waals surface area contributed by atoms with Gasteiger partial charge in [0.2, 0.25) is 0 Å². The summed E-state index contributed by atoms with van der Waals surface area (Å²) >= 11 is 6.74. The Kier molecular flexibility index (Phi) is 3.00. The van der Waals surface area contributed by atoms with Crippen LogP contribution in [-0.2, 0) is 9.31 Å².